The van der Waals surface area contributed by atoms with Crippen LogP contribution in [0.2, 0.25) is 0 Å². The van der Waals surface area contributed by atoms with Crippen LogP contribution in [-0.2, 0) is 11.3 Å². The number of nitrogens with zero attached hydrogens (tertiary/aromatic N) is 5. The van der Waals surface area contributed by atoms with Crippen LogP contribution in [0.5, 0.6) is 0 Å². The Hall–Kier alpha value is -2.98. The third-order valence-corrected chi connectivity index (χ3v) is 5.49. The smallest absolute Gasteiger partial charge is 0.270 e. The number of ether oxygens (including phenoxy) is 1. The van der Waals surface area contributed by atoms with Gasteiger partial charge in [0.2, 0.25) is 0 Å². The zero-order valence-corrected chi connectivity index (χ0v) is 17.0. The number of aromatic nitrogens is 1. The summed E-state index contributed by atoms with van der Waals surface area (Å²) in [6.45, 7) is 7.50. The number of carbonyl (C=O) groups excluding carboxylic acids is 1. The molecule has 2 aliphatic heterocycles. The van der Waals surface area contributed by atoms with E-state index in [1.807, 2.05) is 13.0 Å². The van der Waals surface area contributed by atoms with Crippen molar-refractivity contribution in [2.75, 3.05) is 57.4 Å². The maximum Gasteiger partial charge on any atom is 0.270 e. The van der Waals surface area contributed by atoms with Crippen LogP contribution in [0.1, 0.15) is 21.8 Å². The Labute approximate surface area is 174 Å². The van der Waals surface area contributed by atoms with E-state index in [1.54, 1.807) is 11.0 Å². The number of morpholine rings is 1. The first-order valence-electron chi connectivity index (χ1n) is 10.1. The molecule has 2 aliphatic rings. The Balaban J connectivity index is 1.48. The summed E-state index contributed by atoms with van der Waals surface area (Å²) in [6.07, 6.45) is 0. The summed E-state index contributed by atoms with van der Waals surface area (Å²) in [5.41, 5.74) is 1.88. The van der Waals surface area contributed by atoms with Crippen LogP contribution in [0, 0.1) is 17.0 Å². The van der Waals surface area contributed by atoms with Gasteiger partial charge in [0.05, 0.1) is 41.6 Å². The third-order valence-electron chi connectivity index (χ3n) is 5.49. The van der Waals surface area contributed by atoms with Crippen molar-refractivity contribution in [3.63, 3.8) is 0 Å². The molecule has 30 heavy (non-hydrogen) atoms. The van der Waals surface area contributed by atoms with E-state index in [9.17, 15) is 14.9 Å². The number of rotatable bonds is 5. The van der Waals surface area contributed by atoms with Crippen LogP contribution in [0.3, 0.4) is 0 Å². The monoisotopic (exact) mass is 415 g/mol. The Morgan fingerprint density at radius 1 is 1.13 bits per heavy atom. The normalized spacial score (nSPS) is 17.9. The van der Waals surface area contributed by atoms with Crippen molar-refractivity contribution in [2.45, 2.75) is 13.5 Å². The first kappa shape index (κ1) is 20.3. The summed E-state index contributed by atoms with van der Waals surface area (Å²) in [6, 6.07) is 6.45. The molecule has 2 aromatic rings. The Kier molecular flexibility index (Phi) is 5.96. The summed E-state index contributed by atoms with van der Waals surface area (Å²) in [5, 5.41) is 15.2. The SMILES string of the molecule is Cc1cc(CN2CCN(C(=O)c3cc([N+](=O)[O-])ccc3N3CCOCC3)CC2)on1. The van der Waals surface area contributed by atoms with Gasteiger partial charge in [0.15, 0.2) is 5.76 Å². The Morgan fingerprint density at radius 3 is 2.50 bits per heavy atom. The molecular weight excluding hydrogens is 390 g/mol. The van der Waals surface area contributed by atoms with Crippen molar-refractivity contribution >= 4 is 17.3 Å². The summed E-state index contributed by atoms with van der Waals surface area (Å²) in [4.78, 5) is 30.2. The van der Waals surface area contributed by atoms with Gasteiger partial charge in [-0.2, -0.15) is 0 Å². The molecule has 0 bridgehead atoms. The Morgan fingerprint density at radius 2 is 1.87 bits per heavy atom. The second kappa shape index (κ2) is 8.80. The number of carbonyl (C=O) groups is 1. The second-order valence-corrected chi connectivity index (χ2v) is 7.56. The van der Waals surface area contributed by atoms with Crippen molar-refractivity contribution < 1.29 is 19.0 Å². The van der Waals surface area contributed by atoms with E-state index in [1.165, 1.54) is 12.1 Å². The van der Waals surface area contributed by atoms with Crippen LogP contribution >= 0.6 is 0 Å². The number of non-ortho nitro benzene ring substituents is 1. The van der Waals surface area contributed by atoms with Gasteiger partial charge in [0.1, 0.15) is 0 Å². The lowest BCUT2D eigenvalue weighted by atomic mass is 10.1. The quantitative estimate of drug-likeness (QED) is 0.537. The van der Waals surface area contributed by atoms with Gasteiger partial charge in [0, 0.05) is 57.5 Å². The minimum absolute atomic E-state index is 0.0744. The molecule has 10 heteroatoms. The van der Waals surface area contributed by atoms with Gasteiger partial charge >= 0.3 is 0 Å². The average Bonchev–Trinajstić information content (AvgIpc) is 3.18. The van der Waals surface area contributed by atoms with Gasteiger partial charge in [-0.05, 0) is 13.0 Å². The molecule has 0 spiro atoms. The number of nitro groups is 1. The first-order valence-corrected chi connectivity index (χ1v) is 10.1. The lowest BCUT2D eigenvalue weighted by Crippen LogP contribution is -2.48. The van der Waals surface area contributed by atoms with E-state index >= 15 is 0 Å². The highest BCUT2D eigenvalue weighted by atomic mass is 16.6. The molecule has 3 heterocycles. The fourth-order valence-corrected chi connectivity index (χ4v) is 3.88. The summed E-state index contributed by atoms with van der Waals surface area (Å²) in [7, 11) is 0. The molecule has 1 aromatic carbocycles. The minimum atomic E-state index is -0.461. The fraction of sp³-hybridized carbons (Fsp3) is 0.500. The predicted molar refractivity (Wildman–Crippen MR) is 109 cm³/mol. The van der Waals surface area contributed by atoms with Crippen LogP contribution in [0.4, 0.5) is 11.4 Å². The molecule has 160 valence electrons. The third kappa shape index (κ3) is 4.44. The lowest BCUT2D eigenvalue weighted by Gasteiger charge is -2.35. The van der Waals surface area contributed by atoms with E-state index < -0.39 is 4.92 Å². The molecular formula is C20H25N5O5. The van der Waals surface area contributed by atoms with Crippen LogP contribution in [0.15, 0.2) is 28.8 Å². The summed E-state index contributed by atoms with van der Waals surface area (Å²) >= 11 is 0. The summed E-state index contributed by atoms with van der Waals surface area (Å²) in [5.74, 6) is 0.635. The maximum atomic E-state index is 13.3. The molecule has 4 rings (SSSR count). The van der Waals surface area contributed by atoms with Crippen LogP contribution in [-0.4, -0.2) is 78.3 Å². The van der Waals surface area contributed by atoms with E-state index in [4.69, 9.17) is 9.26 Å². The highest BCUT2D eigenvalue weighted by Crippen LogP contribution is 2.28. The zero-order chi connectivity index (χ0) is 21.1. The van der Waals surface area contributed by atoms with Gasteiger partial charge in [-0.3, -0.25) is 19.8 Å². The van der Waals surface area contributed by atoms with Crippen molar-refractivity contribution in [1.29, 1.82) is 0 Å². The van der Waals surface area contributed by atoms with Crippen molar-refractivity contribution in [1.82, 2.24) is 15.0 Å². The number of benzene rings is 1. The minimum Gasteiger partial charge on any atom is -0.378 e. The summed E-state index contributed by atoms with van der Waals surface area (Å²) < 4.78 is 10.7. The second-order valence-electron chi connectivity index (χ2n) is 7.56. The average molecular weight is 415 g/mol. The number of piperazine rings is 1. The standard InChI is InChI=1S/C20H25N5O5/c1-15-12-17(30-21-15)14-22-4-6-24(7-5-22)20(26)18-13-16(25(27)28)2-3-19(18)23-8-10-29-11-9-23/h2-3,12-13H,4-11,14H2,1H3. The maximum absolute atomic E-state index is 13.3. The highest BCUT2D eigenvalue weighted by molar-refractivity contribution is 6.00. The van der Waals surface area contributed by atoms with Gasteiger partial charge < -0.3 is 19.1 Å². The molecule has 1 aromatic heterocycles. The molecule has 2 fully saturated rings. The molecule has 10 nitrogen and oxygen atoms in total. The van der Waals surface area contributed by atoms with E-state index in [0.29, 0.717) is 64.6 Å². The van der Waals surface area contributed by atoms with Crippen molar-refractivity contribution in [3.8, 4) is 0 Å². The number of anilines is 1. The van der Waals surface area contributed by atoms with Gasteiger partial charge in [-0.15, -0.1) is 0 Å². The molecule has 2 saturated heterocycles. The number of aryl methyl sites for hydroxylation is 1. The van der Waals surface area contributed by atoms with Crippen molar-refractivity contribution in [3.05, 3.63) is 51.4 Å². The largest absolute Gasteiger partial charge is 0.378 e. The number of amides is 1. The number of hydrogen-bond acceptors (Lipinski definition) is 8. The number of nitro benzene ring substituents is 1. The molecule has 0 aliphatic carbocycles. The molecule has 0 N–H and O–H groups in total. The zero-order valence-electron chi connectivity index (χ0n) is 17.0. The Bertz CT molecular complexity index is 916. The number of hydrogen-bond donors (Lipinski definition) is 0. The van der Waals surface area contributed by atoms with Gasteiger partial charge in [0.25, 0.3) is 11.6 Å². The van der Waals surface area contributed by atoms with E-state index in [0.717, 1.165) is 17.1 Å². The predicted octanol–water partition coefficient (Wildman–Crippen LogP) is 1.69. The molecule has 0 unspecified atom stereocenters. The molecule has 0 saturated carbocycles. The highest BCUT2D eigenvalue weighted by Gasteiger charge is 2.28. The van der Waals surface area contributed by atoms with Crippen LogP contribution < -0.4 is 4.90 Å². The first-order chi connectivity index (χ1) is 14.5. The van der Waals surface area contributed by atoms with Crippen LogP contribution in [0.25, 0.3) is 0 Å². The lowest BCUT2D eigenvalue weighted by molar-refractivity contribution is -0.384. The fourth-order valence-electron chi connectivity index (χ4n) is 3.88. The van der Waals surface area contributed by atoms with E-state index in [-0.39, 0.29) is 11.6 Å². The topological polar surface area (TPSA) is 105 Å². The molecule has 0 radical (unpaired) electrons. The van der Waals surface area contributed by atoms with Crippen molar-refractivity contribution in [2.24, 2.45) is 0 Å². The van der Waals surface area contributed by atoms with Gasteiger partial charge in [-0.25, -0.2) is 0 Å². The van der Waals surface area contributed by atoms with Gasteiger partial charge in [-0.1, -0.05) is 5.16 Å². The molecule has 1 amide bonds. The molecule has 0 atom stereocenters. The van der Waals surface area contributed by atoms with E-state index in [2.05, 4.69) is 15.0 Å².